The third-order valence-electron chi connectivity index (χ3n) is 1.80. The first kappa shape index (κ1) is 11.2. The summed E-state index contributed by atoms with van der Waals surface area (Å²) in [6.45, 7) is 8.00. The summed E-state index contributed by atoms with van der Waals surface area (Å²) in [6.07, 6.45) is 1.01. The molecular formula is C9H18N2O. The Morgan fingerprint density at radius 1 is 1.58 bits per heavy atom. The van der Waals surface area contributed by atoms with Crippen molar-refractivity contribution in [2.24, 2.45) is 0 Å². The molecule has 0 fully saturated rings. The first-order valence-corrected chi connectivity index (χ1v) is 4.22. The molecule has 0 aromatic rings. The molecule has 0 aromatic carbocycles. The highest BCUT2D eigenvalue weighted by Gasteiger charge is 2.05. The highest BCUT2D eigenvalue weighted by atomic mass is 16.1. The zero-order valence-corrected chi connectivity index (χ0v) is 8.11. The van der Waals surface area contributed by atoms with Crippen LogP contribution in [0.2, 0.25) is 0 Å². The molecular weight excluding hydrogens is 152 g/mol. The summed E-state index contributed by atoms with van der Waals surface area (Å²) >= 11 is 0. The van der Waals surface area contributed by atoms with Crippen molar-refractivity contribution in [3.63, 3.8) is 0 Å². The Morgan fingerprint density at radius 3 is 2.50 bits per heavy atom. The highest BCUT2D eigenvalue weighted by Crippen LogP contribution is 1.89. The zero-order valence-electron chi connectivity index (χ0n) is 8.11. The van der Waals surface area contributed by atoms with Gasteiger partial charge in [-0.2, -0.15) is 0 Å². The fraction of sp³-hybridized carbons (Fsp3) is 0.667. The SMILES string of the molecule is C=C(C)C(=O)NCC(CC)NC. The second-order valence-corrected chi connectivity index (χ2v) is 2.88. The monoisotopic (exact) mass is 170 g/mol. The molecule has 0 radical (unpaired) electrons. The van der Waals surface area contributed by atoms with E-state index in [-0.39, 0.29) is 5.91 Å². The molecule has 0 aliphatic rings. The summed E-state index contributed by atoms with van der Waals surface area (Å²) in [5.74, 6) is -0.0660. The number of rotatable bonds is 5. The number of nitrogens with one attached hydrogen (secondary N) is 2. The first-order valence-electron chi connectivity index (χ1n) is 4.22. The van der Waals surface area contributed by atoms with Gasteiger partial charge in [0.05, 0.1) is 0 Å². The fourth-order valence-corrected chi connectivity index (χ4v) is 0.817. The molecule has 1 atom stereocenters. The van der Waals surface area contributed by atoms with E-state index < -0.39 is 0 Å². The average Bonchev–Trinajstić information content (AvgIpc) is 2.05. The molecule has 1 unspecified atom stereocenters. The Balaban J connectivity index is 3.66. The van der Waals surface area contributed by atoms with Gasteiger partial charge in [0, 0.05) is 18.2 Å². The van der Waals surface area contributed by atoms with Gasteiger partial charge in [0.1, 0.15) is 0 Å². The maximum Gasteiger partial charge on any atom is 0.246 e. The van der Waals surface area contributed by atoms with Gasteiger partial charge in [-0.1, -0.05) is 13.5 Å². The Labute approximate surface area is 74.2 Å². The van der Waals surface area contributed by atoms with Gasteiger partial charge in [0.2, 0.25) is 5.91 Å². The second-order valence-electron chi connectivity index (χ2n) is 2.88. The molecule has 1 amide bonds. The predicted molar refractivity (Wildman–Crippen MR) is 51.0 cm³/mol. The lowest BCUT2D eigenvalue weighted by Crippen LogP contribution is -2.38. The van der Waals surface area contributed by atoms with Gasteiger partial charge in [-0.3, -0.25) is 4.79 Å². The maximum atomic E-state index is 11.0. The van der Waals surface area contributed by atoms with Gasteiger partial charge in [-0.05, 0) is 20.4 Å². The van der Waals surface area contributed by atoms with Crippen molar-refractivity contribution in [1.82, 2.24) is 10.6 Å². The van der Waals surface area contributed by atoms with Crippen molar-refractivity contribution in [1.29, 1.82) is 0 Å². The standard InChI is InChI=1S/C9H18N2O/c1-5-8(10-4)6-11-9(12)7(2)3/h8,10H,2,5-6H2,1,3-4H3,(H,11,12). The lowest BCUT2D eigenvalue weighted by molar-refractivity contribution is -0.117. The largest absolute Gasteiger partial charge is 0.351 e. The van der Waals surface area contributed by atoms with Gasteiger partial charge in [0.15, 0.2) is 0 Å². The molecule has 3 heteroatoms. The molecule has 0 spiro atoms. The van der Waals surface area contributed by atoms with Crippen LogP contribution in [0.1, 0.15) is 20.3 Å². The van der Waals surface area contributed by atoms with Crippen LogP contribution in [-0.4, -0.2) is 25.5 Å². The van der Waals surface area contributed by atoms with Gasteiger partial charge >= 0.3 is 0 Å². The van der Waals surface area contributed by atoms with Crippen LogP contribution < -0.4 is 10.6 Å². The minimum Gasteiger partial charge on any atom is -0.351 e. The van der Waals surface area contributed by atoms with E-state index in [4.69, 9.17) is 0 Å². The van der Waals surface area contributed by atoms with Crippen LogP contribution in [0.15, 0.2) is 12.2 Å². The predicted octanol–water partition coefficient (Wildman–Crippen LogP) is 0.677. The number of carbonyl (C=O) groups is 1. The molecule has 0 rings (SSSR count). The van der Waals surface area contributed by atoms with Crippen molar-refractivity contribution < 1.29 is 4.79 Å². The van der Waals surface area contributed by atoms with Gasteiger partial charge < -0.3 is 10.6 Å². The van der Waals surface area contributed by atoms with Crippen LogP contribution in [0, 0.1) is 0 Å². The molecule has 2 N–H and O–H groups in total. The van der Waals surface area contributed by atoms with Crippen LogP contribution in [0.25, 0.3) is 0 Å². The Morgan fingerprint density at radius 2 is 2.17 bits per heavy atom. The van der Waals surface area contributed by atoms with Crippen molar-refractivity contribution in [3.8, 4) is 0 Å². The van der Waals surface area contributed by atoms with E-state index in [0.29, 0.717) is 18.2 Å². The van der Waals surface area contributed by atoms with E-state index in [1.54, 1.807) is 6.92 Å². The minimum absolute atomic E-state index is 0.0660. The Hall–Kier alpha value is -0.830. The molecule has 0 saturated heterocycles. The van der Waals surface area contributed by atoms with Crippen molar-refractivity contribution in [2.75, 3.05) is 13.6 Å². The minimum atomic E-state index is -0.0660. The van der Waals surface area contributed by atoms with E-state index in [1.807, 2.05) is 7.05 Å². The maximum absolute atomic E-state index is 11.0. The lowest BCUT2D eigenvalue weighted by Gasteiger charge is -2.14. The normalized spacial score (nSPS) is 12.2. The van der Waals surface area contributed by atoms with Crippen LogP contribution in [0.5, 0.6) is 0 Å². The summed E-state index contributed by atoms with van der Waals surface area (Å²) in [6, 6.07) is 0.355. The quantitative estimate of drug-likeness (QED) is 0.596. The van der Waals surface area contributed by atoms with E-state index in [0.717, 1.165) is 6.42 Å². The average molecular weight is 170 g/mol. The zero-order chi connectivity index (χ0) is 9.56. The smallest absolute Gasteiger partial charge is 0.246 e. The molecule has 70 valence electrons. The van der Waals surface area contributed by atoms with Gasteiger partial charge in [-0.15, -0.1) is 0 Å². The van der Waals surface area contributed by atoms with Crippen molar-refractivity contribution >= 4 is 5.91 Å². The number of likely N-dealkylation sites (N-methyl/N-ethyl adjacent to an activating group) is 1. The molecule has 0 aliphatic heterocycles. The van der Waals surface area contributed by atoms with E-state index >= 15 is 0 Å². The fourth-order valence-electron chi connectivity index (χ4n) is 0.817. The summed E-state index contributed by atoms with van der Waals surface area (Å²) in [7, 11) is 1.89. The molecule has 0 saturated carbocycles. The van der Waals surface area contributed by atoms with E-state index in [1.165, 1.54) is 0 Å². The Kier molecular flexibility index (Phi) is 5.37. The van der Waals surface area contributed by atoms with Crippen LogP contribution in [-0.2, 0) is 4.79 Å². The summed E-state index contributed by atoms with van der Waals surface area (Å²) < 4.78 is 0. The third kappa shape index (κ3) is 4.13. The summed E-state index contributed by atoms with van der Waals surface area (Å²) in [5.41, 5.74) is 0.556. The van der Waals surface area contributed by atoms with E-state index in [9.17, 15) is 4.79 Å². The Bertz CT molecular complexity index is 162. The third-order valence-corrected chi connectivity index (χ3v) is 1.80. The molecule has 0 aliphatic carbocycles. The molecule has 0 bridgehead atoms. The number of hydrogen-bond acceptors (Lipinski definition) is 2. The van der Waals surface area contributed by atoms with Crippen LogP contribution in [0.3, 0.4) is 0 Å². The molecule has 0 aromatic heterocycles. The van der Waals surface area contributed by atoms with Gasteiger partial charge in [-0.25, -0.2) is 0 Å². The number of amides is 1. The highest BCUT2D eigenvalue weighted by molar-refractivity contribution is 5.92. The first-order chi connectivity index (χ1) is 5.61. The van der Waals surface area contributed by atoms with Crippen LogP contribution >= 0.6 is 0 Å². The van der Waals surface area contributed by atoms with Crippen LogP contribution in [0.4, 0.5) is 0 Å². The topological polar surface area (TPSA) is 41.1 Å². The molecule has 3 nitrogen and oxygen atoms in total. The summed E-state index contributed by atoms with van der Waals surface area (Å²) in [5, 5.41) is 5.88. The number of hydrogen-bond donors (Lipinski definition) is 2. The van der Waals surface area contributed by atoms with Crippen molar-refractivity contribution in [3.05, 3.63) is 12.2 Å². The molecule has 12 heavy (non-hydrogen) atoms. The summed E-state index contributed by atoms with van der Waals surface area (Å²) in [4.78, 5) is 11.0. The lowest BCUT2D eigenvalue weighted by atomic mass is 10.2. The number of carbonyl (C=O) groups excluding carboxylic acids is 1. The van der Waals surface area contributed by atoms with Gasteiger partial charge in [0.25, 0.3) is 0 Å². The second kappa shape index (κ2) is 5.77. The molecule has 0 heterocycles. The van der Waals surface area contributed by atoms with Crippen molar-refractivity contribution in [2.45, 2.75) is 26.3 Å². The van der Waals surface area contributed by atoms with E-state index in [2.05, 4.69) is 24.1 Å².